The molecule has 0 bridgehead atoms. The van der Waals surface area contributed by atoms with Crippen LogP contribution in [0.5, 0.6) is 0 Å². The van der Waals surface area contributed by atoms with Gasteiger partial charge in [-0.05, 0) is 24.1 Å². The maximum absolute atomic E-state index is 11.8. The van der Waals surface area contributed by atoms with Crippen LogP contribution in [0, 0.1) is 5.92 Å². The first kappa shape index (κ1) is 12.1. The minimum atomic E-state index is -0.178. The monoisotopic (exact) mass is 295 g/mol. The van der Waals surface area contributed by atoms with Gasteiger partial charge in [0.1, 0.15) is 0 Å². The standard InChI is InChI=1S/C12H14BrN3O/c1-7(2)11(13)12(17)15-9-3-4-10-8(5-9)6-14-16-10/h3-7,11H,1-2H3,(H,14,16)(H,15,17). The molecule has 90 valence electrons. The zero-order chi connectivity index (χ0) is 12.4. The van der Waals surface area contributed by atoms with E-state index in [2.05, 4.69) is 31.4 Å². The van der Waals surface area contributed by atoms with Crippen molar-refractivity contribution in [3.05, 3.63) is 24.4 Å². The predicted molar refractivity (Wildman–Crippen MR) is 72.3 cm³/mol. The normalized spacial score (nSPS) is 12.9. The van der Waals surface area contributed by atoms with Gasteiger partial charge in [0.15, 0.2) is 0 Å². The van der Waals surface area contributed by atoms with Crippen LogP contribution >= 0.6 is 15.9 Å². The molecule has 1 amide bonds. The number of halogens is 1. The maximum Gasteiger partial charge on any atom is 0.238 e. The Labute approximate surface area is 108 Å². The quantitative estimate of drug-likeness (QED) is 0.856. The smallest absolute Gasteiger partial charge is 0.238 e. The molecule has 1 unspecified atom stereocenters. The molecule has 5 heteroatoms. The molecule has 4 nitrogen and oxygen atoms in total. The van der Waals surface area contributed by atoms with E-state index in [1.807, 2.05) is 32.0 Å². The number of rotatable bonds is 3. The highest BCUT2D eigenvalue weighted by molar-refractivity contribution is 9.10. The van der Waals surface area contributed by atoms with Gasteiger partial charge in [0.05, 0.1) is 16.5 Å². The number of carbonyl (C=O) groups is 1. The highest BCUT2D eigenvalue weighted by Gasteiger charge is 2.18. The highest BCUT2D eigenvalue weighted by atomic mass is 79.9. The van der Waals surface area contributed by atoms with E-state index in [4.69, 9.17) is 0 Å². The van der Waals surface area contributed by atoms with Gasteiger partial charge in [0.2, 0.25) is 5.91 Å². The van der Waals surface area contributed by atoms with Gasteiger partial charge in [-0.2, -0.15) is 5.10 Å². The second kappa shape index (κ2) is 4.87. The SMILES string of the molecule is CC(C)C(Br)C(=O)Nc1ccc2[nH]ncc2c1. The van der Waals surface area contributed by atoms with Crippen molar-refractivity contribution in [2.45, 2.75) is 18.7 Å². The molecule has 1 aromatic carbocycles. The van der Waals surface area contributed by atoms with E-state index >= 15 is 0 Å². The van der Waals surface area contributed by atoms with Crippen LogP contribution in [0.15, 0.2) is 24.4 Å². The largest absolute Gasteiger partial charge is 0.325 e. The lowest BCUT2D eigenvalue weighted by atomic mass is 10.1. The number of H-pyrrole nitrogens is 1. The number of anilines is 1. The summed E-state index contributed by atoms with van der Waals surface area (Å²) in [4.78, 5) is 11.7. The summed E-state index contributed by atoms with van der Waals surface area (Å²) in [6.07, 6.45) is 1.74. The van der Waals surface area contributed by atoms with Gasteiger partial charge in [-0.15, -0.1) is 0 Å². The third kappa shape index (κ3) is 2.66. The van der Waals surface area contributed by atoms with Gasteiger partial charge in [-0.25, -0.2) is 0 Å². The molecule has 2 rings (SSSR count). The van der Waals surface area contributed by atoms with E-state index in [1.54, 1.807) is 6.20 Å². The fraction of sp³-hybridized carbons (Fsp3) is 0.333. The topological polar surface area (TPSA) is 57.8 Å². The summed E-state index contributed by atoms with van der Waals surface area (Å²) in [6.45, 7) is 4.00. The zero-order valence-electron chi connectivity index (χ0n) is 9.70. The lowest BCUT2D eigenvalue weighted by molar-refractivity contribution is -0.116. The van der Waals surface area contributed by atoms with E-state index in [-0.39, 0.29) is 16.7 Å². The fourth-order valence-corrected chi connectivity index (χ4v) is 1.65. The lowest BCUT2D eigenvalue weighted by Gasteiger charge is -2.13. The Bertz CT molecular complexity index is 535. The van der Waals surface area contributed by atoms with Gasteiger partial charge in [-0.3, -0.25) is 9.89 Å². The molecule has 0 saturated carbocycles. The third-order valence-electron chi connectivity index (χ3n) is 2.54. The minimum absolute atomic E-state index is 0.0251. The number of hydrogen-bond donors (Lipinski definition) is 2. The summed E-state index contributed by atoms with van der Waals surface area (Å²) in [5.74, 6) is 0.232. The van der Waals surface area contributed by atoms with E-state index in [1.165, 1.54) is 0 Å². The second-order valence-electron chi connectivity index (χ2n) is 4.31. The highest BCUT2D eigenvalue weighted by Crippen LogP contribution is 2.19. The summed E-state index contributed by atoms with van der Waals surface area (Å²) >= 11 is 3.38. The summed E-state index contributed by atoms with van der Waals surface area (Å²) in [5, 5.41) is 10.7. The molecular formula is C12H14BrN3O. The third-order valence-corrected chi connectivity index (χ3v) is 4.02. The summed E-state index contributed by atoms with van der Waals surface area (Å²) in [6, 6.07) is 5.66. The number of benzene rings is 1. The maximum atomic E-state index is 11.8. The molecule has 0 radical (unpaired) electrons. The van der Waals surface area contributed by atoms with Crippen LogP contribution in [0.2, 0.25) is 0 Å². The van der Waals surface area contributed by atoms with Crippen molar-refractivity contribution in [1.82, 2.24) is 10.2 Å². The Balaban J connectivity index is 2.15. The Morgan fingerprint density at radius 2 is 2.24 bits per heavy atom. The molecule has 0 fully saturated rings. The predicted octanol–water partition coefficient (Wildman–Crippen LogP) is 2.92. The Morgan fingerprint density at radius 3 is 2.94 bits per heavy atom. The molecule has 1 heterocycles. The summed E-state index contributed by atoms with van der Waals surface area (Å²) in [5.41, 5.74) is 1.75. The molecule has 0 saturated heterocycles. The molecule has 0 aliphatic rings. The first-order valence-corrected chi connectivity index (χ1v) is 6.37. The van der Waals surface area contributed by atoms with Crippen molar-refractivity contribution in [1.29, 1.82) is 0 Å². The lowest BCUT2D eigenvalue weighted by Crippen LogP contribution is -2.26. The summed E-state index contributed by atoms with van der Waals surface area (Å²) in [7, 11) is 0. The molecule has 0 spiro atoms. The summed E-state index contributed by atoms with van der Waals surface area (Å²) < 4.78 is 0. The molecule has 1 atom stereocenters. The number of aromatic nitrogens is 2. The van der Waals surface area contributed by atoms with Crippen molar-refractivity contribution in [2.24, 2.45) is 5.92 Å². The molecule has 17 heavy (non-hydrogen) atoms. The van der Waals surface area contributed by atoms with Crippen LogP contribution in [0.4, 0.5) is 5.69 Å². The van der Waals surface area contributed by atoms with Crippen molar-refractivity contribution in [3.8, 4) is 0 Å². The Hall–Kier alpha value is -1.36. The Kier molecular flexibility index (Phi) is 3.47. The molecule has 1 aromatic heterocycles. The number of nitrogens with one attached hydrogen (secondary N) is 2. The van der Waals surface area contributed by atoms with Crippen molar-refractivity contribution >= 4 is 38.4 Å². The van der Waals surface area contributed by atoms with Crippen LogP contribution in [0.25, 0.3) is 10.9 Å². The number of amides is 1. The molecular weight excluding hydrogens is 282 g/mol. The molecule has 2 N–H and O–H groups in total. The molecule has 0 aliphatic carbocycles. The van der Waals surface area contributed by atoms with Crippen molar-refractivity contribution < 1.29 is 4.79 Å². The first-order valence-electron chi connectivity index (χ1n) is 5.46. The number of alkyl halides is 1. The van der Waals surface area contributed by atoms with Crippen LogP contribution < -0.4 is 5.32 Å². The number of nitrogens with zero attached hydrogens (tertiary/aromatic N) is 1. The van der Waals surface area contributed by atoms with E-state index < -0.39 is 0 Å². The van der Waals surface area contributed by atoms with Crippen LogP contribution in [0.1, 0.15) is 13.8 Å². The molecule has 2 aromatic rings. The number of fused-ring (bicyclic) bond motifs is 1. The number of carbonyl (C=O) groups excluding carboxylic acids is 1. The molecule has 0 aliphatic heterocycles. The van der Waals surface area contributed by atoms with Gasteiger partial charge in [0, 0.05) is 11.1 Å². The van der Waals surface area contributed by atoms with Crippen LogP contribution in [-0.2, 0) is 4.79 Å². The second-order valence-corrected chi connectivity index (χ2v) is 5.29. The van der Waals surface area contributed by atoms with Gasteiger partial charge in [-0.1, -0.05) is 29.8 Å². The van der Waals surface area contributed by atoms with Crippen LogP contribution in [-0.4, -0.2) is 20.9 Å². The van der Waals surface area contributed by atoms with Crippen LogP contribution in [0.3, 0.4) is 0 Å². The minimum Gasteiger partial charge on any atom is -0.325 e. The number of aromatic amines is 1. The van der Waals surface area contributed by atoms with E-state index in [0.717, 1.165) is 16.6 Å². The average Bonchev–Trinajstić information content (AvgIpc) is 2.74. The Morgan fingerprint density at radius 1 is 1.47 bits per heavy atom. The van der Waals surface area contributed by atoms with E-state index in [9.17, 15) is 4.79 Å². The van der Waals surface area contributed by atoms with E-state index in [0.29, 0.717) is 0 Å². The van der Waals surface area contributed by atoms with Crippen molar-refractivity contribution in [3.63, 3.8) is 0 Å². The van der Waals surface area contributed by atoms with Gasteiger partial charge in [0.25, 0.3) is 0 Å². The number of hydrogen-bond acceptors (Lipinski definition) is 2. The fourth-order valence-electron chi connectivity index (χ4n) is 1.53. The van der Waals surface area contributed by atoms with Gasteiger partial charge < -0.3 is 5.32 Å². The van der Waals surface area contributed by atoms with Gasteiger partial charge >= 0.3 is 0 Å². The van der Waals surface area contributed by atoms with Crippen molar-refractivity contribution in [2.75, 3.05) is 5.32 Å². The average molecular weight is 296 g/mol. The zero-order valence-corrected chi connectivity index (χ0v) is 11.3. The first-order chi connectivity index (χ1) is 8.08.